The summed E-state index contributed by atoms with van der Waals surface area (Å²) in [4.78, 5) is 23.7. The summed E-state index contributed by atoms with van der Waals surface area (Å²) in [6, 6.07) is 20.5. The van der Waals surface area contributed by atoms with Gasteiger partial charge in [-0.15, -0.1) is 0 Å². The number of esters is 1. The first kappa shape index (κ1) is 18.2. The van der Waals surface area contributed by atoms with Crippen LogP contribution in [0.2, 0.25) is 0 Å². The molecule has 0 aliphatic carbocycles. The maximum atomic E-state index is 12.1. The largest absolute Gasteiger partial charge is 0.467 e. The Morgan fingerprint density at radius 3 is 2.19 bits per heavy atom. The first-order valence-electron chi connectivity index (χ1n) is 9.17. The lowest BCUT2D eigenvalue weighted by Gasteiger charge is -2.19. The number of carbonyl (C=O) groups excluding carboxylic acids is 2. The lowest BCUT2D eigenvalue weighted by atomic mass is 9.85. The molecule has 1 heterocycles. The maximum Gasteiger partial charge on any atom is 0.328 e. The van der Waals surface area contributed by atoms with Crippen molar-refractivity contribution >= 4 is 11.9 Å². The highest BCUT2D eigenvalue weighted by Crippen LogP contribution is 2.31. The van der Waals surface area contributed by atoms with Crippen LogP contribution in [0.1, 0.15) is 42.7 Å². The summed E-state index contributed by atoms with van der Waals surface area (Å²) in [6.07, 6.45) is 3.23. The Morgan fingerprint density at radius 2 is 1.65 bits per heavy atom. The second-order valence-electron chi connectivity index (χ2n) is 6.82. The number of rotatable bonds is 7. The Balaban J connectivity index is 1.62. The summed E-state index contributed by atoms with van der Waals surface area (Å²) < 4.78 is 4.74. The molecule has 1 aliphatic heterocycles. The van der Waals surface area contributed by atoms with E-state index in [9.17, 15) is 9.59 Å². The molecule has 4 heteroatoms. The van der Waals surface area contributed by atoms with E-state index in [4.69, 9.17) is 4.74 Å². The molecular formula is C22H25NO3. The molecule has 136 valence electrons. The normalized spacial score (nSPS) is 19.4. The quantitative estimate of drug-likeness (QED) is 0.775. The fourth-order valence-electron chi connectivity index (χ4n) is 3.75. The number of ether oxygens (including phenoxy) is 1. The Hall–Kier alpha value is -2.62. The predicted octanol–water partition coefficient (Wildman–Crippen LogP) is 3.67. The Labute approximate surface area is 154 Å². The van der Waals surface area contributed by atoms with E-state index < -0.39 is 6.04 Å². The molecule has 1 amide bonds. The van der Waals surface area contributed by atoms with Gasteiger partial charge in [0.05, 0.1) is 7.11 Å². The van der Waals surface area contributed by atoms with Gasteiger partial charge >= 0.3 is 5.97 Å². The van der Waals surface area contributed by atoms with Crippen molar-refractivity contribution in [2.45, 2.75) is 37.6 Å². The topological polar surface area (TPSA) is 55.4 Å². The van der Waals surface area contributed by atoms with E-state index in [0.29, 0.717) is 12.3 Å². The second-order valence-corrected chi connectivity index (χ2v) is 6.82. The number of carbonyl (C=O) groups is 2. The number of methoxy groups -OCH3 is 1. The van der Waals surface area contributed by atoms with Crippen LogP contribution >= 0.6 is 0 Å². The second kappa shape index (κ2) is 8.65. The SMILES string of the molecule is COC(=O)[C@@H]1C[C@H](CCCC(c2ccccc2)c2ccccc2)C(=O)N1. The molecule has 0 aromatic heterocycles. The lowest BCUT2D eigenvalue weighted by Crippen LogP contribution is -2.34. The van der Waals surface area contributed by atoms with Crippen molar-refractivity contribution in [3.8, 4) is 0 Å². The highest BCUT2D eigenvalue weighted by atomic mass is 16.5. The highest BCUT2D eigenvalue weighted by molar-refractivity contribution is 5.89. The third-order valence-electron chi connectivity index (χ3n) is 5.14. The van der Waals surface area contributed by atoms with Crippen molar-refractivity contribution in [2.24, 2.45) is 5.92 Å². The number of hydrogen-bond acceptors (Lipinski definition) is 3. The van der Waals surface area contributed by atoms with Crippen molar-refractivity contribution in [3.05, 3.63) is 71.8 Å². The Bertz CT molecular complexity index is 690. The molecule has 2 aromatic rings. The maximum absolute atomic E-state index is 12.1. The molecular weight excluding hydrogens is 326 g/mol. The van der Waals surface area contributed by atoms with Crippen LogP contribution in [0.15, 0.2) is 60.7 Å². The number of hydrogen-bond donors (Lipinski definition) is 1. The minimum absolute atomic E-state index is 0.0311. The summed E-state index contributed by atoms with van der Waals surface area (Å²) in [5, 5.41) is 2.74. The van der Waals surface area contributed by atoms with Crippen LogP contribution in [0.3, 0.4) is 0 Å². The van der Waals surface area contributed by atoms with Gasteiger partial charge in [0.15, 0.2) is 0 Å². The van der Waals surface area contributed by atoms with Crippen LogP contribution in [0.5, 0.6) is 0 Å². The first-order valence-corrected chi connectivity index (χ1v) is 9.17. The van der Waals surface area contributed by atoms with Crippen LogP contribution in [0.4, 0.5) is 0 Å². The Morgan fingerprint density at radius 1 is 1.08 bits per heavy atom. The molecule has 1 aliphatic rings. The van der Waals surface area contributed by atoms with Gasteiger partial charge in [-0.05, 0) is 30.4 Å². The summed E-state index contributed by atoms with van der Waals surface area (Å²) in [5.74, 6) is -0.173. The molecule has 0 saturated carbocycles. The van der Waals surface area contributed by atoms with Gasteiger partial charge in [-0.1, -0.05) is 67.1 Å². The molecule has 1 saturated heterocycles. The predicted molar refractivity (Wildman–Crippen MR) is 101 cm³/mol. The van der Waals surface area contributed by atoms with E-state index in [2.05, 4.69) is 53.8 Å². The molecule has 26 heavy (non-hydrogen) atoms. The smallest absolute Gasteiger partial charge is 0.328 e. The van der Waals surface area contributed by atoms with Gasteiger partial charge in [0.25, 0.3) is 0 Å². The summed E-state index contributed by atoms with van der Waals surface area (Å²) in [7, 11) is 1.35. The van der Waals surface area contributed by atoms with Gasteiger partial charge in [-0.3, -0.25) is 4.79 Å². The molecule has 2 aromatic carbocycles. The molecule has 0 bridgehead atoms. The van der Waals surface area contributed by atoms with Gasteiger partial charge in [-0.2, -0.15) is 0 Å². The molecule has 4 nitrogen and oxygen atoms in total. The van der Waals surface area contributed by atoms with Gasteiger partial charge in [0, 0.05) is 11.8 Å². The molecule has 2 atom stereocenters. The number of benzene rings is 2. The summed E-state index contributed by atoms with van der Waals surface area (Å²) in [5.41, 5.74) is 2.59. The first-order chi connectivity index (χ1) is 12.7. The molecule has 0 radical (unpaired) electrons. The fraction of sp³-hybridized carbons (Fsp3) is 0.364. The van der Waals surface area contributed by atoms with E-state index in [1.165, 1.54) is 18.2 Å². The Kier molecular flexibility index (Phi) is 6.05. The number of nitrogens with one attached hydrogen (secondary N) is 1. The molecule has 0 unspecified atom stereocenters. The van der Waals surface area contributed by atoms with Crippen molar-refractivity contribution in [1.29, 1.82) is 0 Å². The number of amides is 1. The molecule has 1 fully saturated rings. The summed E-state index contributed by atoms with van der Waals surface area (Å²) in [6.45, 7) is 0. The molecule has 1 N–H and O–H groups in total. The van der Waals surface area contributed by atoms with Crippen molar-refractivity contribution < 1.29 is 14.3 Å². The summed E-state index contributed by atoms with van der Waals surface area (Å²) >= 11 is 0. The van der Waals surface area contributed by atoms with E-state index in [-0.39, 0.29) is 17.8 Å². The standard InChI is InChI=1S/C22H25NO3/c1-26-22(25)20-15-18(21(24)23-20)13-8-14-19(16-9-4-2-5-10-16)17-11-6-3-7-12-17/h2-7,9-12,18-20H,8,13-15H2,1H3,(H,23,24)/t18-,20-/m0/s1. The highest BCUT2D eigenvalue weighted by Gasteiger charge is 2.36. The minimum Gasteiger partial charge on any atom is -0.467 e. The third kappa shape index (κ3) is 4.31. The zero-order chi connectivity index (χ0) is 18.4. The van der Waals surface area contributed by atoms with Crippen LogP contribution in [0.25, 0.3) is 0 Å². The van der Waals surface area contributed by atoms with E-state index in [0.717, 1.165) is 19.3 Å². The van der Waals surface area contributed by atoms with Gasteiger partial charge in [-0.25, -0.2) is 4.79 Å². The third-order valence-corrected chi connectivity index (χ3v) is 5.14. The van der Waals surface area contributed by atoms with Crippen LogP contribution < -0.4 is 5.32 Å². The van der Waals surface area contributed by atoms with Crippen LogP contribution in [0, 0.1) is 5.92 Å². The van der Waals surface area contributed by atoms with Gasteiger partial charge in [0.2, 0.25) is 5.91 Å². The minimum atomic E-state index is -0.489. The van der Waals surface area contributed by atoms with Gasteiger partial charge < -0.3 is 10.1 Å². The van der Waals surface area contributed by atoms with Crippen LogP contribution in [-0.4, -0.2) is 25.0 Å². The average molecular weight is 351 g/mol. The van der Waals surface area contributed by atoms with E-state index in [1.807, 2.05) is 12.1 Å². The average Bonchev–Trinajstić information content (AvgIpc) is 3.06. The molecule has 3 rings (SSSR count). The van der Waals surface area contributed by atoms with Gasteiger partial charge in [0.1, 0.15) is 6.04 Å². The monoisotopic (exact) mass is 351 g/mol. The van der Waals surface area contributed by atoms with Crippen molar-refractivity contribution in [1.82, 2.24) is 5.32 Å². The fourth-order valence-corrected chi connectivity index (χ4v) is 3.75. The van der Waals surface area contributed by atoms with E-state index in [1.54, 1.807) is 0 Å². The van der Waals surface area contributed by atoms with Crippen molar-refractivity contribution in [3.63, 3.8) is 0 Å². The molecule has 0 spiro atoms. The zero-order valence-electron chi connectivity index (χ0n) is 15.1. The van der Waals surface area contributed by atoms with Crippen LogP contribution in [-0.2, 0) is 14.3 Å². The van der Waals surface area contributed by atoms with E-state index >= 15 is 0 Å². The van der Waals surface area contributed by atoms with Crippen molar-refractivity contribution in [2.75, 3.05) is 7.11 Å². The lowest BCUT2D eigenvalue weighted by molar-refractivity contribution is -0.143. The zero-order valence-corrected chi connectivity index (χ0v) is 15.1.